The van der Waals surface area contributed by atoms with Crippen LogP contribution in [-0.4, -0.2) is 29.2 Å². The number of aliphatic hydroxyl groups excluding tert-OH is 1. The lowest BCUT2D eigenvalue weighted by Crippen LogP contribution is -2.35. The lowest BCUT2D eigenvalue weighted by molar-refractivity contribution is 0.0797. The van der Waals surface area contributed by atoms with Crippen molar-refractivity contribution in [3.63, 3.8) is 0 Å². The van der Waals surface area contributed by atoms with Gasteiger partial charge in [0, 0.05) is 24.5 Å². The predicted octanol–water partition coefficient (Wildman–Crippen LogP) is 2.47. The van der Waals surface area contributed by atoms with E-state index in [-0.39, 0.29) is 6.10 Å². The molecule has 1 aliphatic rings. The van der Waals surface area contributed by atoms with Gasteiger partial charge < -0.3 is 5.11 Å². The summed E-state index contributed by atoms with van der Waals surface area (Å²) in [6.07, 6.45) is 1.78. The number of rotatable bonds is 2. The minimum Gasteiger partial charge on any atom is -0.393 e. The zero-order chi connectivity index (χ0) is 9.97. The first-order valence-electron chi connectivity index (χ1n) is 4.88. The molecule has 2 heterocycles. The molecule has 0 bridgehead atoms. The van der Waals surface area contributed by atoms with Crippen LogP contribution in [0.15, 0.2) is 15.9 Å². The third kappa shape index (κ3) is 2.79. The molecule has 0 amide bonds. The van der Waals surface area contributed by atoms with Gasteiger partial charge in [0.25, 0.3) is 0 Å². The quantitative estimate of drug-likeness (QED) is 0.897. The van der Waals surface area contributed by atoms with Gasteiger partial charge in [-0.25, -0.2) is 0 Å². The number of aliphatic hydroxyl groups is 1. The van der Waals surface area contributed by atoms with Crippen molar-refractivity contribution in [3.8, 4) is 0 Å². The van der Waals surface area contributed by atoms with Crippen LogP contribution in [0, 0.1) is 0 Å². The first-order chi connectivity index (χ1) is 6.74. The highest BCUT2D eigenvalue weighted by molar-refractivity contribution is 9.11. The Morgan fingerprint density at radius 1 is 1.43 bits per heavy atom. The number of nitrogens with zero attached hydrogens (tertiary/aromatic N) is 1. The Morgan fingerprint density at radius 2 is 2.14 bits per heavy atom. The fraction of sp³-hybridized carbons (Fsp3) is 0.600. The van der Waals surface area contributed by atoms with E-state index in [1.165, 1.54) is 8.66 Å². The number of hydrogen-bond donors (Lipinski definition) is 1. The molecule has 4 heteroatoms. The van der Waals surface area contributed by atoms with Crippen molar-refractivity contribution < 1.29 is 5.11 Å². The number of hydrogen-bond acceptors (Lipinski definition) is 3. The Kier molecular flexibility index (Phi) is 3.60. The summed E-state index contributed by atoms with van der Waals surface area (Å²) in [5, 5.41) is 9.37. The molecule has 0 atom stereocenters. The van der Waals surface area contributed by atoms with Crippen molar-refractivity contribution in [2.45, 2.75) is 25.5 Å². The highest BCUT2D eigenvalue weighted by Crippen LogP contribution is 2.24. The SMILES string of the molecule is OC1CCN(Cc2ccc(Br)s2)CC1. The molecular weight excluding hydrogens is 262 g/mol. The zero-order valence-corrected chi connectivity index (χ0v) is 10.4. The number of halogens is 1. The zero-order valence-electron chi connectivity index (χ0n) is 7.95. The Labute approximate surface area is 96.7 Å². The van der Waals surface area contributed by atoms with E-state index < -0.39 is 0 Å². The fourth-order valence-corrected chi connectivity index (χ4v) is 3.26. The van der Waals surface area contributed by atoms with E-state index in [0.717, 1.165) is 32.5 Å². The molecule has 1 aromatic rings. The van der Waals surface area contributed by atoms with E-state index in [9.17, 15) is 5.11 Å². The van der Waals surface area contributed by atoms with Gasteiger partial charge in [-0.15, -0.1) is 11.3 Å². The first-order valence-corrected chi connectivity index (χ1v) is 6.49. The number of thiophene rings is 1. The van der Waals surface area contributed by atoms with Gasteiger partial charge in [0.05, 0.1) is 9.89 Å². The van der Waals surface area contributed by atoms with Gasteiger partial charge in [0.1, 0.15) is 0 Å². The van der Waals surface area contributed by atoms with E-state index in [4.69, 9.17) is 0 Å². The second kappa shape index (κ2) is 4.75. The molecule has 78 valence electrons. The van der Waals surface area contributed by atoms with Crippen LogP contribution in [0.1, 0.15) is 17.7 Å². The molecule has 1 saturated heterocycles. The largest absolute Gasteiger partial charge is 0.393 e. The van der Waals surface area contributed by atoms with E-state index in [1.54, 1.807) is 11.3 Å². The van der Waals surface area contributed by atoms with Crippen molar-refractivity contribution >= 4 is 27.3 Å². The molecule has 1 aromatic heterocycles. The fourth-order valence-electron chi connectivity index (χ4n) is 1.73. The maximum Gasteiger partial charge on any atom is 0.0701 e. The molecule has 0 unspecified atom stereocenters. The van der Waals surface area contributed by atoms with Gasteiger partial charge in [-0.1, -0.05) is 0 Å². The molecule has 0 saturated carbocycles. The third-order valence-corrected chi connectivity index (χ3v) is 4.17. The summed E-state index contributed by atoms with van der Waals surface area (Å²) in [6.45, 7) is 3.08. The topological polar surface area (TPSA) is 23.5 Å². The second-order valence-corrected chi connectivity index (χ2v) is 6.26. The van der Waals surface area contributed by atoms with E-state index in [0.29, 0.717) is 0 Å². The summed E-state index contributed by atoms with van der Waals surface area (Å²) < 4.78 is 1.20. The van der Waals surface area contributed by atoms with Crippen LogP contribution in [-0.2, 0) is 6.54 Å². The van der Waals surface area contributed by atoms with Crippen LogP contribution < -0.4 is 0 Å². The molecule has 1 aliphatic heterocycles. The van der Waals surface area contributed by atoms with E-state index >= 15 is 0 Å². The summed E-state index contributed by atoms with van der Waals surface area (Å²) in [5.74, 6) is 0. The van der Waals surface area contributed by atoms with Gasteiger partial charge >= 0.3 is 0 Å². The van der Waals surface area contributed by atoms with Crippen LogP contribution in [0.2, 0.25) is 0 Å². The molecule has 2 rings (SSSR count). The van der Waals surface area contributed by atoms with Crippen LogP contribution in [0.5, 0.6) is 0 Å². The van der Waals surface area contributed by atoms with Crippen molar-refractivity contribution in [2.75, 3.05) is 13.1 Å². The molecular formula is C10H14BrNOS. The van der Waals surface area contributed by atoms with Crippen molar-refractivity contribution in [1.82, 2.24) is 4.90 Å². The highest BCUT2D eigenvalue weighted by atomic mass is 79.9. The Bertz CT molecular complexity index is 294. The van der Waals surface area contributed by atoms with Gasteiger partial charge in [-0.05, 0) is 40.9 Å². The molecule has 0 radical (unpaired) electrons. The molecule has 1 fully saturated rings. The van der Waals surface area contributed by atoms with Gasteiger partial charge in [-0.3, -0.25) is 4.90 Å². The van der Waals surface area contributed by atoms with Crippen LogP contribution >= 0.6 is 27.3 Å². The summed E-state index contributed by atoms with van der Waals surface area (Å²) in [4.78, 5) is 3.80. The van der Waals surface area contributed by atoms with Crippen LogP contribution in [0.4, 0.5) is 0 Å². The molecule has 1 N–H and O–H groups in total. The number of piperidine rings is 1. The summed E-state index contributed by atoms with van der Waals surface area (Å²) in [5.41, 5.74) is 0. The lowest BCUT2D eigenvalue weighted by atomic mass is 10.1. The normalized spacial score (nSPS) is 20.1. The minimum atomic E-state index is -0.0682. The van der Waals surface area contributed by atoms with Crippen molar-refractivity contribution in [2.24, 2.45) is 0 Å². The van der Waals surface area contributed by atoms with Crippen LogP contribution in [0.3, 0.4) is 0 Å². The molecule has 0 spiro atoms. The Morgan fingerprint density at radius 3 is 2.71 bits per heavy atom. The summed E-state index contributed by atoms with van der Waals surface area (Å²) in [7, 11) is 0. The van der Waals surface area contributed by atoms with E-state index in [2.05, 4.69) is 33.0 Å². The Balaban J connectivity index is 1.86. The standard InChI is InChI=1S/C10H14BrNOS/c11-10-2-1-9(14-10)7-12-5-3-8(13)4-6-12/h1-2,8,13H,3-7H2. The molecule has 0 aliphatic carbocycles. The maximum atomic E-state index is 9.37. The van der Waals surface area contributed by atoms with Crippen molar-refractivity contribution in [1.29, 1.82) is 0 Å². The average molecular weight is 276 g/mol. The second-order valence-electron chi connectivity index (χ2n) is 3.71. The molecule has 14 heavy (non-hydrogen) atoms. The highest BCUT2D eigenvalue weighted by Gasteiger charge is 2.17. The minimum absolute atomic E-state index is 0.0682. The summed E-state index contributed by atoms with van der Waals surface area (Å²) >= 11 is 5.26. The van der Waals surface area contributed by atoms with E-state index in [1.807, 2.05) is 0 Å². The monoisotopic (exact) mass is 275 g/mol. The summed E-state index contributed by atoms with van der Waals surface area (Å²) in [6, 6.07) is 4.26. The maximum absolute atomic E-state index is 9.37. The molecule has 0 aromatic carbocycles. The lowest BCUT2D eigenvalue weighted by Gasteiger charge is -2.28. The van der Waals surface area contributed by atoms with Crippen molar-refractivity contribution in [3.05, 3.63) is 20.8 Å². The van der Waals surface area contributed by atoms with Gasteiger partial charge in [-0.2, -0.15) is 0 Å². The number of likely N-dealkylation sites (tertiary alicyclic amines) is 1. The third-order valence-electron chi connectivity index (χ3n) is 2.57. The smallest absolute Gasteiger partial charge is 0.0701 e. The average Bonchev–Trinajstić information content (AvgIpc) is 2.56. The first kappa shape index (κ1) is 10.6. The van der Waals surface area contributed by atoms with Gasteiger partial charge in [0.2, 0.25) is 0 Å². The van der Waals surface area contributed by atoms with Gasteiger partial charge in [0.15, 0.2) is 0 Å². The van der Waals surface area contributed by atoms with Crippen LogP contribution in [0.25, 0.3) is 0 Å². The predicted molar refractivity (Wildman–Crippen MR) is 62.5 cm³/mol. The Hall–Kier alpha value is 0.1000. The molecule has 2 nitrogen and oxygen atoms in total.